The molecular weight excluding hydrogens is 254 g/mol. The zero-order valence-electron chi connectivity index (χ0n) is 12.6. The average molecular weight is 279 g/mol. The Labute approximate surface area is 120 Å². The second kappa shape index (κ2) is 7.26. The smallest absolute Gasteiger partial charge is 0.323 e. The van der Waals surface area contributed by atoms with Gasteiger partial charge in [0.1, 0.15) is 0 Å². The van der Waals surface area contributed by atoms with E-state index in [9.17, 15) is 0 Å². The Kier molecular flexibility index (Phi) is 5.38. The van der Waals surface area contributed by atoms with Gasteiger partial charge in [-0.05, 0) is 38.0 Å². The summed E-state index contributed by atoms with van der Waals surface area (Å²) in [7, 11) is 0. The summed E-state index contributed by atoms with van der Waals surface area (Å²) < 4.78 is 5.39. The summed E-state index contributed by atoms with van der Waals surface area (Å²) in [6.07, 6.45) is 3.73. The summed E-state index contributed by atoms with van der Waals surface area (Å²) in [6.45, 7) is 8.58. The normalized spacial score (nSPS) is 15.8. The molecule has 1 aliphatic carbocycles. The van der Waals surface area contributed by atoms with Crippen LogP contribution in [0.1, 0.15) is 40.0 Å². The lowest BCUT2D eigenvalue weighted by molar-refractivity contribution is 0.312. The maximum atomic E-state index is 5.39. The molecular formula is C14H25N5O. The molecule has 2 N–H and O–H groups in total. The van der Waals surface area contributed by atoms with E-state index in [1.165, 1.54) is 12.8 Å². The molecule has 1 aromatic heterocycles. The fourth-order valence-electron chi connectivity index (χ4n) is 2.03. The van der Waals surface area contributed by atoms with Crippen molar-refractivity contribution in [2.24, 2.45) is 11.8 Å². The van der Waals surface area contributed by atoms with Gasteiger partial charge in [0.15, 0.2) is 0 Å². The third kappa shape index (κ3) is 4.51. The fraction of sp³-hybridized carbons (Fsp3) is 0.786. The first-order chi connectivity index (χ1) is 9.72. The minimum Gasteiger partial charge on any atom is -0.464 e. The van der Waals surface area contributed by atoms with Gasteiger partial charge in [0.05, 0.1) is 6.61 Å². The van der Waals surface area contributed by atoms with Crippen molar-refractivity contribution < 1.29 is 4.74 Å². The lowest BCUT2D eigenvalue weighted by atomic mass is 10.1. The summed E-state index contributed by atoms with van der Waals surface area (Å²) >= 11 is 0. The number of nitrogens with zero attached hydrogens (tertiary/aromatic N) is 3. The molecule has 1 aliphatic rings. The second-order valence-corrected chi connectivity index (χ2v) is 5.32. The lowest BCUT2D eigenvalue weighted by Crippen LogP contribution is -2.16. The summed E-state index contributed by atoms with van der Waals surface area (Å²) in [4.78, 5) is 12.9. The highest BCUT2D eigenvalue weighted by atomic mass is 16.5. The molecule has 0 saturated heterocycles. The van der Waals surface area contributed by atoms with Crippen LogP contribution in [-0.4, -0.2) is 34.6 Å². The average Bonchev–Trinajstić information content (AvgIpc) is 3.27. The molecule has 0 radical (unpaired) electrons. The zero-order chi connectivity index (χ0) is 14.4. The molecule has 1 atom stereocenters. The molecule has 0 amide bonds. The summed E-state index contributed by atoms with van der Waals surface area (Å²) in [6, 6.07) is 0.377. The van der Waals surface area contributed by atoms with Crippen molar-refractivity contribution in [3.8, 4) is 6.01 Å². The van der Waals surface area contributed by atoms with Crippen LogP contribution in [0.15, 0.2) is 0 Å². The van der Waals surface area contributed by atoms with Crippen LogP contribution in [0, 0.1) is 11.8 Å². The Morgan fingerprint density at radius 2 is 1.85 bits per heavy atom. The van der Waals surface area contributed by atoms with Crippen LogP contribution in [0.4, 0.5) is 11.9 Å². The molecule has 0 spiro atoms. The highest BCUT2D eigenvalue weighted by molar-refractivity contribution is 5.35. The van der Waals surface area contributed by atoms with Crippen LogP contribution in [0.3, 0.4) is 0 Å². The third-order valence-corrected chi connectivity index (χ3v) is 3.43. The van der Waals surface area contributed by atoms with E-state index in [1.54, 1.807) is 0 Å². The van der Waals surface area contributed by atoms with Crippen molar-refractivity contribution >= 4 is 11.9 Å². The summed E-state index contributed by atoms with van der Waals surface area (Å²) in [5, 5.41) is 6.47. The van der Waals surface area contributed by atoms with Gasteiger partial charge < -0.3 is 15.4 Å². The summed E-state index contributed by atoms with van der Waals surface area (Å²) in [5.74, 6) is 2.70. The quantitative estimate of drug-likeness (QED) is 0.724. The Hall–Kier alpha value is -1.59. The van der Waals surface area contributed by atoms with Crippen LogP contribution >= 0.6 is 0 Å². The molecule has 1 unspecified atom stereocenters. The van der Waals surface area contributed by atoms with Crippen LogP contribution in [0.2, 0.25) is 0 Å². The van der Waals surface area contributed by atoms with Crippen molar-refractivity contribution in [3.63, 3.8) is 0 Å². The molecule has 112 valence electrons. The van der Waals surface area contributed by atoms with Crippen LogP contribution in [0.5, 0.6) is 6.01 Å². The van der Waals surface area contributed by atoms with E-state index < -0.39 is 0 Å². The first kappa shape index (κ1) is 14.8. The first-order valence-electron chi connectivity index (χ1n) is 7.59. The number of aromatic nitrogens is 3. The molecule has 20 heavy (non-hydrogen) atoms. The first-order valence-corrected chi connectivity index (χ1v) is 7.59. The van der Waals surface area contributed by atoms with Crippen molar-refractivity contribution in [2.75, 3.05) is 30.3 Å². The van der Waals surface area contributed by atoms with Gasteiger partial charge in [-0.1, -0.05) is 13.8 Å². The highest BCUT2D eigenvalue weighted by Gasteiger charge is 2.27. The molecule has 0 aromatic carbocycles. The predicted octanol–water partition coefficient (Wildman–Crippen LogP) is 2.55. The topological polar surface area (TPSA) is 72.0 Å². The minimum atomic E-state index is 0.377. The van der Waals surface area contributed by atoms with E-state index in [4.69, 9.17) is 4.74 Å². The predicted molar refractivity (Wildman–Crippen MR) is 80.2 cm³/mol. The number of nitrogens with one attached hydrogen (secondary N) is 2. The van der Waals surface area contributed by atoms with Crippen molar-refractivity contribution in [1.29, 1.82) is 0 Å². The van der Waals surface area contributed by atoms with E-state index >= 15 is 0 Å². The van der Waals surface area contributed by atoms with E-state index in [1.807, 2.05) is 6.92 Å². The fourth-order valence-corrected chi connectivity index (χ4v) is 2.03. The Bertz CT molecular complexity index is 422. The molecule has 1 fully saturated rings. The van der Waals surface area contributed by atoms with E-state index in [0.717, 1.165) is 25.4 Å². The maximum absolute atomic E-state index is 5.39. The Morgan fingerprint density at radius 3 is 2.45 bits per heavy atom. The molecule has 1 saturated carbocycles. The second-order valence-electron chi connectivity index (χ2n) is 5.32. The van der Waals surface area contributed by atoms with Crippen molar-refractivity contribution in [1.82, 2.24) is 15.0 Å². The van der Waals surface area contributed by atoms with Gasteiger partial charge in [-0.3, -0.25) is 0 Å². The number of ether oxygens (including phenoxy) is 1. The Balaban J connectivity index is 1.98. The van der Waals surface area contributed by atoms with E-state index in [2.05, 4.69) is 39.4 Å². The van der Waals surface area contributed by atoms with Gasteiger partial charge in [-0.2, -0.15) is 15.0 Å². The van der Waals surface area contributed by atoms with Crippen LogP contribution < -0.4 is 15.4 Å². The van der Waals surface area contributed by atoms with Gasteiger partial charge in [-0.25, -0.2) is 0 Å². The van der Waals surface area contributed by atoms with Crippen LogP contribution in [0.25, 0.3) is 0 Å². The molecule has 6 nitrogen and oxygen atoms in total. The molecule has 6 heteroatoms. The lowest BCUT2D eigenvalue weighted by Gasteiger charge is -2.13. The Morgan fingerprint density at radius 1 is 1.15 bits per heavy atom. The highest BCUT2D eigenvalue weighted by Crippen LogP contribution is 2.36. The molecule has 0 aliphatic heterocycles. The molecule has 0 bridgehead atoms. The third-order valence-electron chi connectivity index (χ3n) is 3.43. The SMILES string of the molecule is CCCNc1nc(NCC(C)C2CC2)nc(OCC)n1. The van der Waals surface area contributed by atoms with E-state index in [0.29, 0.717) is 30.4 Å². The monoisotopic (exact) mass is 279 g/mol. The van der Waals surface area contributed by atoms with Crippen molar-refractivity contribution in [3.05, 3.63) is 0 Å². The minimum absolute atomic E-state index is 0.377. The van der Waals surface area contributed by atoms with E-state index in [-0.39, 0.29) is 0 Å². The number of anilines is 2. The van der Waals surface area contributed by atoms with Gasteiger partial charge in [0, 0.05) is 13.1 Å². The van der Waals surface area contributed by atoms with Gasteiger partial charge in [-0.15, -0.1) is 0 Å². The number of rotatable bonds is 9. The number of hydrogen-bond acceptors (Lipinski definition) is 6. The van der Waals surface area contributed by atoms with Gasteiger partial charge in [0.25, 0.3) is 0 Å². The molecule has 2 rings (SSSR count). The van der Waals surface area contributed by atoms with Gasteiger partial charge in [0.2, 0.25) is 11.9 Å². The van der Waals surface area contributed by atoms with Gasteiger partial charge >= 0.3 is 6.01 Å². The molecule has 1 aromatic rings. The van der Waals surface area contributed by atoms with Crippen LogP contribution in [-0.2, 0) is 0 Å². The van der Waals surface area contributed by atoms with Crippen molar-refractivity contribution in [2.45, 2.75) is 40.0 Å². The number of hydrogen-bond donors (Lipinski definition) is 2. The zero-order valence-corrected chi connectivity index (χ0v) is 12.6. The molecule has 1 heterocycles. The standard InChI is InChI=1S/C14H25N5O/c1-4-8-15-12-17-13(19-14(18-12)20-5-2)16-9-10(3)11-6-7-11/h10-11H,4-9H2,1-3H3,(H2,15,16,17,18,19). The summed E-state index contributed by atoms with van der Waals surface area (Å²) in [5.41, 5.74) is 0. The maximum Gasteiger partial charge on any atom is 0.323 e. The largest absolute Gasteiger partial charge is 0.464 e.